The van der Waals surface area contributed by atoms with Crippen LogP contribution in [0.3, 0.4) is 0 Å². The SMILES string of the molecule is OC(c1ccc(Br)cc1Br)c1c(F)cc(F)cc1F. The van der Waals surface area contributed by atoms with Crippen molar-refractivity contribution in [2.45, 2.75) is 6.10 Å². The van der Waals surface area contributed by atoms with Gasteiger partial charge in [0.15, 0.2) is 0 Å². The molecule has 2 rings (SSSR count). The fourth-order valence-electron chi connectivity index (χ4n) is 1.69. The van der Waals surface area contributed by atoms with E-state index in [1.807, 2.05) is 0 Å². The van der Waals surface area contributed by atoms with Crippen molar-refractivity contribution < 1.29 is 18.3 Å². The second-order valence-corrected chi connectivity index (χ2v) is 5.62. The topological polar surface area (TPSA) is 20.2 Å². The number of aliphatic hydroxyl groups excluding tert-OH is 1. The van der Waals surface area contributed by atoms with Crippen molar-refractivity contribution in [2.24, 2.45) is 0 Å². The van der Waals surface area contributed by atoms with Crippen LogP contribution in [0.15, 0.2) is 39.3 Å². The van der Waals surface area contributed by atoms with Gasteiger partial charge in [0, 0.05) is 21.1 Å². The van der Waals surface area contributed by atoms with Gasteiger partial charge in [0.1, 0.15) is 23.6 Å². The smallest absolute Gasteiger partial charge is 0.135 e. The zero-order valence-corrected chi connectivity index (χ0v) is 12.5. The molecule has 6 heteroatoms. The van der Waals surface area contributed by atoms with Gasteiger partial charge in [0.2, 0.25) is 0 Å². The van der Waals surface area contributed by atoms with Gasteiger partial charge in [-0.15, -0.1) is 0 Å². The Bertz CT molecular complexity index is 608. The van der Waals surface area contributed by atoms with Gasteiger partial charge in [-0.3, -0.25) is 0 Å². The molecule has 0 aromatic heterocycles. The molecule has 1 nitrogen and oxygen atoms in total. The first-order chi connectivity index (χ1) is 8.90. The first kappa shape index (κ1) is 14.6. The Hall–Kier alpha value is -0.850. The van der Waals surface area contributed by atoms with Crippen LogP contribution in [0, 0.1) is 17.5 Å². The third-order valence-corrected chi connectivity index (χ3v) is 3.75. The fraction of sp³-hybridized carbons (Fsp3) is 0.0769. The quantitative estimate of drug-likeness (QED) is 0.780. The van der Waals surface area contributed by atoms with Crippen LogP contribution in [0.1, 0.15) is 17.2 Å². The maximum atomic E-state index is 13.6. The lowest BCUT2D eigenvalue weighted by atomic mass is 10.0. The molecule has 0 aliphatic carbocycles. The largest absolute Gasteiger partial charge is 0.383 e. The molecule has 0 amide bonds. The molecule has 19 heavy (non-hydrogen) atoms. The van der Waals surface area contributed by atoms with Crippen molar-refractivity contribution in [3.05, 3.63) is 67.9 Å². The van der Waals surface area contributed by atoms with Crippen LogP contribution in [0.5, 0.6) is 0 Å². The van der Waals surface area contributed by atoms with Gasteiger partial charge < -0.3 is 5.11 Å². The summed E-state index contributed by atoms with van der Waals surface area (Å²) < 4.78 is 41.2. The van der Waals surface area contributed by atoms with E-state index in [-0.39, 0.29) is 5.56 Å². The van der Waals surface area contributed by atoms with Crippen molar-refractivity contribution in [2.75, 3.05) is 0 Å². The lowest BCUT2D eigenvalue weighted by Gasteiger charge is -2.15. The van der Waals surface area contributed by atoms with E-state index in [1.165, 1.54) is 6.07 Å². The molecule has 0 aliphatic rings. The Kier molecular flexibility index (Phi) is 4.32. The summed E-state index contributed by atoms with van der Waals surface area (Å²) >= 11 is 6.43. The second-order valence-electron chi connectivity index (χ2n) is 3.85. The van der Waals surface area contributed by atoms with Gasteiger partial charge in [-0.2, -0.15) is 0 Å². The van der Waals surface area contributed by atoms with Crippen LogP contribution < -0.4 is 0 Å². The minimum atomic E-state index is -1.52. The van der Waals surface area contributed by atoms with E-state index in [0.717, 1.165) is 4.47 Å². The molecule has 0 radical (unpaired) electrons. The Morgan fingerprint density at radius 2 is 1.53 bits per heavy atom. The number of hydrogen-bond acceptors (Lipinski definition) is 1. The number of rotatable bonds is 2. The summed E-state index contributed by atoms with van der Waals surface area (Å²) in [5.41, 5.74) is -0.294. The Morgan fingerprint density at radius 3 is 2.05 bits per heavy atom. The second kappa shape index (κ2) is 5.64. The molecule has 0 saturated carbocycles. The molecule has 1 unspecified atom stereocenters. The van der Waals surface area contributed by atoms with Gasteiger partial charge in [-0.05, 0) is 17.7 Å². The maximum absolute atomic E-state index is 13.6. The molecule has 1 atom stereocenters. The van der Waals surface area contributed by atoms with E-state index < -0.39 is 29.1 Å². The van der Waals surface area contributed by atoms with Gasteiger partial charge >= 0.3 is 0 Å². The number of halogens is 5. The highest BCUT2D eigenvalue weighted by molar-refractivity contribution is 9.11. The van der Waals surface area contributed by atoms with E-state index >= 15 is 0 Å². The van der Waals surface area contributed by atoms with Gasteiger partial charge in [0.25, 0.3) is 0 Å². The predicted octanol–water partition coefficient (Wildman–Crippen LogP) is 4.71. The summed E-state index contributed by atoms with van der Waals surface area (Å²) in [5, 5.41) is 10.1. The lowest BCUT2D eigenvalue weighted by molar-refractivity contribution is 0.208. The Morgan fingerprint density at radius 1 is 0.947 bits per heavy atom. The minimum absolute atomic E-state index is 0.285. The molecule has 100 valence electrons. The first-order valence-corrected chi connectivity index (χ1v) is 6.76. The molecule has 0 spiro atoms. The average molecular weight is 396 g/mol. The molecular weight excluding hydrogens is 389 g/mol. The molecular formula is C13H7Br2F3O. The Labute approximate surface area is 124 Å². The van der Waals surface area contributed by atoms with E-state index in [1.54, 1.807) is 12.1 Å². The van der Waals surface area contributed by atoms with E-state index in [4.69, 9.17) is 0 Å². The molecule has 0 bridgehead atoms. The standard InChI is InChI=1S/C13H7Br2F3O/c14-6-1-2-8(9(15)3-6)13(19)12-10(17)4-7(16)5-11(12)18/h1-5,13,19H. The van der Waals surface area contributed by atoms with Crippen molar-refractivity contribution in [1.82, 2.24) is 0 Å². The molecule has 0 aliphatic heterocycles. The van der Waals surface area contributed by atoms with E-state index in [9.17, 15) is 18.3 Å². The van der Waals surface area contributed by atoms with Gasteiger partial charge in [0.05, 0.1) is 5.56 Å². The van der Waals surface area contributed by atoms with Crippen LogP contribution in [0.2, 0.25) is 0 Å². The third kappa shape index (κ3) is 3.01. The Balaban J connectivity index is 2.53. The summed E-state index contributed by atoms with van der Waals surface area (Å²) in [6.45, 7) is 0. The molecule has 0 fully saturated rings. The lowest BCUT2D eigenvalue weighted by Crippen LogP contribution is -2.07. The van der Waals surface area contributed by atoms with Gasteiger partial charge in [-0.1, -0.05) is 37.9 Å². The zero-order chi connectivity index (χ0) is 14.2. The van der Waals surface area contributed by atoms with Crippen LogP contribution in [0.4, 0.5) is 13.2 Å². The van der Waals surface area contributed by atoms with E-state index in [0.29, 0.717) is 16.6 Å². The molecule has 0 saturated heterocycles. The minimum Gasteiger partial charge on any atom is -0.383 e. The van der Waals surface area contributed by atoms with Crippen molar-refractivity contribution in [3.8, 4) is 0 Å². The predicted molar refractivity (Wildman–Crippen MR) is 72.2 cm³/mol. The molecule has 2 aromatic rings. The normalized spacial score (nSPS) is 12.5. The van der Waals surface area contributed by atoms with Crippen molar-refractivity contribution >= 4 is 31.9 Å². The highest BCUT2D eigenvalue weighted by Gasteiger charge is 2.22. The summed E-state index contributed by atoms with van der Waals surface area (Å²) in [6.07, 6.45) is -1.52. The van der Waals surface area contributed by atoms with Gasteiger partial charge in [-0.25, -0.2) is 13.2 Å². The number of aliphatic hydroxyl groups is 1. The molecule has 1 N–H and O–H groups in total. The summed E-state index contributed by atoms with van der Waals surface area (Å²) in [7, 11) is 0. The van der Waals surface area contributed by atoms with Crippen LogP contribution >= 0.6 is 31.9 Å². The van der Waals surface area contributed by atoms with Crippen molar-refractivity contribution in [1.29, 1.82) is 0 Å². The van der Waals surface area contributed by atoms with E-state index in [2.05, 4.69) is 31.9 Å². The van der Waals surface area contributed by atoms with Crippen LogP contribution in [-0.4, -0.2) is 5.11 Å². The van der Waals surface area contributed by atoms with Crippen LogP contribution in [-0.2, 0) is 0 Å². The number of hydrogen-bond donors (Lipinski definition) is 1. The first-order valence-electron chi connectivity index (χ1n) is 5.17. The third-order valence-electron chi connectivity index (χ3n) is 2.57. The summed E-state index contributed by atoms with van der Waals surface area (Å²) in [6, 6.07) is 5.85. The maximum Gasteiger partial charge on any atom is 0.135 e. The highest BCUT2D eigenvalue weighted by Crippen LogP contribution is 2.33. The molecule has 0 heterocycles. The zero-order valence-electron chi connectivity index (χ0n) is 9.30. The van der Waals surface area contributed by atoms with Crippen LogP contribution in [0.25, 0.3) is 0 Å². The number of benzene rings is 2. The highest BCUT2D eigenvalue weighted by atomic mass is 79.9. The molecule has 2 aromatic carbocycles. The summed E-state index contributed by atoms with van der Waals surface area (Å²) in [4.78, 5) is 0. The average Bonchev–Trinajstić information content (AvgIpc) is 2.26. The van der Waals surface area contributed by atoms with Crippen molar-refractivity contribution in [3.63, 3.8) is 0 Å². The monoisotopic (exact) mass is 394 g/mol. The fourth-order valence-corrected chi connectivity index (χ4v) is 2.96. The summed E-state index contributed by atoms with van der Waals surface area (Å²) in [5.74, 6) is -3.28.